The third-order valence-corrected chi connectivity index (χ3v) is 2.79. The second kappa shape index (κ2) is 2.77. The molecular weight excluding hydrogens is 269 g/mol. The summed E-state index contributed by atoms with van der Waals surface area (Å²) in [5.41, 5.74) is 6.47. The molecule has 0 spiro atoms. The van der Waals surface area contributed by atoms with E-state index in [2.05, 4.69) is 22.6 Å². The van der Waals surface area contributed by atoms with Crippen LogP contribution in [0.4, 0.5) is 0 Å². The summed E-state index contributed by atoms with van der Waals surface area (Å²) >= 11 is 2.07. The van der Waals surface area contributed by atoms with Crippen molar-refractivity contribution in [3.8, 4) is 11.5 Å². The van der Waals surface area contributed by atoms with Crippen molar-refractivity contribution in [3.63, 3.8) is 0 Å². The second-order valence-corrected chi connectivity index (χ2v) is 3.89. The lowest BCUT2D eigenvalue weighted by Gasteiger charge is -2.05. The largest absolute Gasteiger partial charge is 0.506 e. The first-order chi connectivity index (χ1) is 5.70. The van der Waals surface area contributed by atoms with Crippen LogP contribution in [0.15, 0.2) is 12.1 Å². The van der Waals surface area contributed by atoms with E-state index < -0.39 is 0 Å². The number of benzene rings is 1. The summed E-state index contributed by atoms with van der Waals surface area (Å²) in [6, 6.07) is 3.46. The number of phenols is 1. The molecule has 1 aliphatic heterocycles. The van der Waals surface area contributed by atoms with E-state index in [0.717, 1.165) is 9.13 Å². The molecule has 0 aliphatic carbocycles. The molecule has 1 aromatic rings. The Bertz CT molecular complexity index is 327. The van der Waals surface area contributed by atoms with Gasteiger partial charge in [0, 0.05) is 0 Å². The molecule has 2 rings (SSSR count). The number of halogens is 1. The maximum atomic E-state index is 9.62. The fourth-order valence-electron chi connectivity index (χ4n) is 1.31. The molecule has 4 heteroatoms. The first kappa shape index (κ1) is 8.12. The average Bonchev–Trinajstić information content (AvgIpc) is 2.41. The quantitative estimate of drug-likeness (QED) is 0.704. The Balaban J connectivity index is 2.63. The fourth-order valence-corrected chi connectivity index (χ4v) is 1.78. The van der Waals surface area contributed by atoms with Crippen molar-refractivity contribution < 1.29 is 9.84 Å². The number of ether oxygens (including phenoxy) is 1. The highest BCUT2D eigenvalue weighted by atomic mass is 127. The maximum absolute atomic E-state index is 9.62. The molecule has 3 N–H and O–H groups in total. The molecular formula is C8H8INO2. The Hall–Kier alpha value is -0.490. The minimum Gasteiger partial charge on any atom is -0.506 e. The molecule has 3 nitrogen and oxygen atoms in total. The molecule has 0 radical (unpaired) electrons. The van der Waals surface area contributed by atoms with Gasteiger partial charge >= 0.3 is 0 Å². The molecule has 0 saturated carbocycles. The zero-order valence-corrected chi connectivity index (χ0v) is 8.41. The molecule has 0 aromatic heterocycles. The number of hydrogen-bond acceptors (Lipinski definition) is 3. The zero-order chi connectivity index (χ0) is 8.72. The molecule has 1 heterocycles. The summed E-state index contributed by atoms with van der Waals surface area (Å²) in [5, 5.41) is 9.62. The van der Waals surface area contributed by atoms with Gasteiger partial charge in [0.2, 0.25) is 0 Å². The Morgan fingerprint density at radius 3 is 3.08 bits per heavy atom. The second-order valence-electron chi connectivity index (χ2n) is 2.73. The fraction of sp³-hybridized carbons (Fsp3) is 0.250. The number of fused-ring (bicyclic) bond motifs is 1. The van der Waals surface area contributed by atoms with Crippen LogP contribution in [0.3, 0.4) is 0 Å². The summed E-state index contributed by atoms with van der Waals surface area (Å²) in [6.45, 7) is 0.461. The Morgan fingerprint density at radius 1 is 1.58 bits per heavy atom. The number of hydrogen-bond donors (Lipinski definition) is 2. The van der Waals surface area contributed by atoms with Crippen LogP contribution in [0.5, 0.6) is 11.5 Å². The summed E-state index contributed by atoms with van der Waals surface area (Å²) in [4.78, 5) is 0. The number of phenolic OH excluding ortho intramolecular Hbond substituents is 1. The minimum absolute atomic E-state index is 0.185. The van der Waals surface area contributed by atoms with E-state index >= 15 is 0 Å². The topological polar surface area (TPSA) is 55.5 Å². The predicted molar refractivity (Wildman–Crippen MR) is 53.2 cm³/mol. The van der Waals surface area contributed by atoms with Crippen molar-refractivity contribution in [1.82, 2.24) is 0 Å². The molecule has 1 aromatic carbocycles. The van der Waals surface area contributed by atoms with Gasteiger partial charge in [-0.15, -0.1) is 0 Å². The van der Waals surface area contributed by atoms with Gasteiger partial charge in [0.25, 0.3) is 0 Å². The smallest absolute Gasteiger partial charge is 0.137 e. The van der Waals surface area contributed by atoms with Crippen molar-refractivity contribution in [2.45, 2.75) is 6.04 Å². The van der Waals surface area contributed by atoms with Crippen LogP contribution in [-0.2, 0) is 0 Å². The molecule has 12 heavy (non-hydrogen) atoms. The first-order valence-electron chi connectivity index (χ1n) is 3.60. The van der Waals surface area contributed by atoms with Gasteiger partial charge < -0.3 is 15.6 Å². The van der Waals surface area contributed by atoms with E-state index in [1.54, 1.807) is 0 Å². The molecule has 1 atom stereocenters. The van der Waals surface area contributed by atoms with E-state index in [-0.39, 0.29) is 11.8 Å². The standard InChI is InChI=1S/C8H8INO2/c9-4-1-2-6-7(8(4)11)5(10)3-12-6/h1-2,5,11H,3,10H2/t5-/m1/s1. The first-order valence-corrected chi connectivity index (χ1v) is 4.68. The van der Waals surface area contributed by atoms with Gasteiger partial charge in [-0.1, -0.05) is 0 Å². The summed E-state index contributed by atoms with van der Waals surface area (Å²) in [6.07, 6.45) is 0. The Kier molecular flexibility index (Phi) is 1.88. The third-order valence-electron chi connectivity index (χ3n) is 1.92. The molecule has 1 aliphatic rings. The monoisotopic (exact) mass is 277 g/mol. The van der Waals surface area contributed by atoms with E-state index in [0.29, 0.717) is 12.4 Å². The van der Waals surface area contributed by atoms with Crippen LogP contribution >= 0.6 is 22.6 Å². The van der Waals surface area contributed by atoms with Crippen LogP contribution in [0.1, 0.15) is 11.6 Å². The van der Waals surface area contributed by atoms with Gasteiger partial charge in [-0.2, -0.15) is 0 Å². The van der Waals surface area contributed by atoms with Crippen LogP contribution in [0, 0.1) is 3.57 Å². The summed E-state index contributed by atoms with van der Waals surface area (Å²) in [7, 11) is 0. The van der Waals surface area contributed by atoms with E-state index in [9.17, 15) is 5.11 Å². The number of nitrogens with two attached hydrogens (primary N) is 1. The lowest BCUT2D eigenvalue weighted by atomic mass is 10.1. The van der Waals surface area contributed by atoms with Gasteiger partial charge in [-0.3, -0.25) is 0 Å². The summed E-state index contributed by atoms with van der Waals surface area (Å²) in [5.74, 6) is 0.971. The van der Waals surface area contributed by atoms with Gasteiger partial charge in [-0.25, -0.2) is 0 Å². The van der Waals surface area contributed by atoms with Crippen molar-refractivity contribution in [2.75, 3.05) is 6.61 Å². The van der Waals surface area contributed by atoms with Crippen LogP contribution in [-0.4, -0.2) is 11.7 Å². The summed E-state index contributed by atoms with van der Waals surface area (Å²) < 4.78 is 6.07. The predicted octanol–water partition coefficient (Wildman–Crippen LogP) is 1.39. The molecule has 0 unspecified atom stereocenters. The van der Waals surface area contributed by atoms with Gasteiger partial charge in [0.1, 0.15) is 18.1 Å². The molecule has 0 saturated heterocycles. The minimum atomic E-state index is -0.185. The normalized spacial score (nSPS) is 20.3. The number of rotatable bonds is 0. The van der Waals surface area contributed by atoms with Crippen molar-refractivity contribution >= 4 is 22.6 Å². The highest BCUT2D eigenvalue weighted by molar-refractivity contribution is 14.1. The average molecular weight is 277 g/mol. The van der Waals surface area contributed by atoms with E-state index in [4.69, 9.17) is 10.5 Å². The Morgan fingerprint density at radius 2 is 2.33 bits per heavy atom. The van der Waals surface area contributed by atoms with Gasteiger partial charge in [-0.05, 0) is 34.7 Å². The lowest BCUT2D eigenvalue weighted by molar-refractivity contribution is 0.333. The molecule has 0 amide bonds. The van der Waals surface area contributed by atoms with Crippen LogP contribution in [0.2, 0.25) is 0 Å². The lowest BCUT2D eigenvalue weighted by Crippen LogP contribution is -2.11. The zero-order valence-electron chi connectivity index (χ0n) is 6.25. The van der Waals surface area contributed by atoms with Gasteiger partial charge in [0.15, 0.2) is 0 Å². The van der Waals surface area contributed by atoms with Crippen molar-refractivity contribution in [2.24, 2.45) is 5.73 Å². The van der Waals surface area contributed by atoms with Crippen LogP contribution < -0.4 is 10.5 Å². The third kappa shape index (κ3) is 1.06. The molecule has 0 fully saturated rings. The highest BCUT2D eigenvalue weighted by Gasteiger charge is 2.25. The van der Waals surface area contributed by atoms with E-state index in [1.807, 2.05) is 12.1 Å². The maximum Gasteiger partial charge on any atom is 0.137 e. The Labute approximate surface area is 83.7 Å². The van der Waals surface area contributed by atoms with E-state index in [1.165, 1.54) is 0 Å². The van der Waals surface area contributed by atoms with Gasteiger partial charge in [0.05, 0.1) is 15.2 Å². The number of aromatic hydroxyl groups is 1. The van der Waals surface area contributed by atoms with Crippen LogP contribution in [0.25, 0.3) is 0 Å². The van der Waals surface area contributed by atoms with Crippen molar-refractivity contribution in [3.05, 3.63) is 21.3 Å². The highest BCUT2D eigenvalue weighted by Crippen LogP contribution is 2.39. The SMILES string of the molecule is N[C@@H]1COc2ccc(I)c(O)c21. The van der Waals surface area contributed by atoms with Crippen molar-refractivity contribution in [1.29, 1.82) is 0 Å². The molecule has 0 bridgehead atoms. The molecule has 64 valence electrons.